The van der Waals surface area contributed by atoms with Crippen molar-refractivity contribution in [1.82, 2.24) is 4.98 Å². The zero-order valence-corrected chi connectivity index (χ0v) is 14.6. The lowest BCUT2D eigenvalue weighted by molar-refractivity contribution is 0.102. The van der Waals surface area contributed by atoms with Crippen LogP contribution in [0.3, 0.4) is 0 Å². The second kappa shape index (κ2) is 7.18. The van der Waals surface area contributed by atoms with Gasteiger partial charge in [-0.1, -0.05) is 30.3 Å². The summed E-state index contributed by atoms with van der Waals surface area (Å²) >= 11 is 0. The van der Waals surface area contributed by atoms with Crippen LogP contribution in [0.5, 0.6) is 0 Å². The quantitative estimate of drug-likeness (QED) is 0.707. The number of nitrogens with zero attached hydrogens (tertiary/aromatic N) is 1. The van der Waals surface area contributed by atoms with Crippen LogP contribution in [0.15, 0.2) is 60.8 Å². The van der Waals surface area contributed by atoms with E-state index in [1.807, 2.05) is 63.2 Å². The van der Waals surface area contributed by atoms with E-state index in [-0.39, 0.29) is 5.91 Å². The smallest absolute Gasteiger partial charge is 0.259 e. The third kappa shape index (κ3) is 3.86. The third-order valence-corrected chi connectivity index (χ3v) is 4.05. The summed E-state index contributed by atoms with van der Waals surface area (Å²) in [4.78, 5) is 17.1. The Hall–Kier alpha value is -3.14. The number of anilines is 3. The molecule has 1 aromatic heterocycles. The Bertz CT molecular complexity index is 898. The molecule has 0 spiro atoms. The maximum atomic E-state index is 12.7. The highest BCUT2D eigenvalue weighted by molar-refractivity contribution is 6.07. The Morgan fingerprint density at radius 2 is 1.64 bits per heavy atom. The number of aromatic nitrogens is 1. The lowest BCUT2D eigenvalue weighted by atomic mass is 10.1. The van der Waals surface area contributed by atoms with Gasteiger partial charge in [0.2, 0.25) is 0 Å². The molecule has 2 aromatic carbocycles. The van der Waals surface area contributed by atoms with E-state index < -0.39 is 0 Å². The largest absolute Gasteiger partial charge is 0.339 e. The van der Waals surface area contributed by atoms with Gasteiger partial charge in [0.1, 0.15) is 5.82 Å². The van der Waals surface area contributed by atoms with Crippen LogP contribution < -0.4 is 10.6 Å². The Morgan fingerprint density at radius 1 is 0.920 bits per heavy atom. The topological polar surface area (TPSA) is 54.0 Å². The van der Waals surface area contributed by atoms with Gasteiger partial charge in [0.05, 0.1) is 5.56 Å². The molecule has 0 saturated heterocycles. The number of hydrogen-bond donors (Lipinski definition) is 2. The van der Waals surface area contributed by atoms with E-state index in [0.29, 0.717) is 11.4 Å². The summed E-state index contributed by atoms with van der Waals surface area (Å²) in [6.45, 7) is 6.06. The van der Waals surface area contributed by atoms with Crippen molar-refractivity contribution in [1.29, 1.82) is 0 Å². The van der Waals surface area contributed by atoms with Crippen LogP contribution in [-0.4, -0.2) is 10.9 Å². The fourth-order valence-corrected chi connectivity index (χ4v) is 2.74. The third-order valence-electron chi connectivity index (χ3n) is 4.05. The fraction of sp³-hybridized carbons (Fsp3) is 0.143. The van der Waals surface area contributed by atoms with E-state index in [4.69, 9.17) is 0 Å². The highest BCUT2D eigenvalue weighted by Crippen LogP contribution is 2.25. The number of para-hydroxylation sites is 1. The van der Waals surface area contributed by atoms with Crippen molar-refractivity contribution in [2.45, 2.75) is 20.8 Å². The zero-order chi connectivity index (χ0) is 17.8. The first kappa shape index (κ1) is 16.7. The van der Waals surface area contributed by atoms with Crippen molar-refractivity contribution in [3.05, 3.63) is 83.0 Å². The molecule has 0 fully saturated rings. The van der Waals surface area contributed by atoms with Gasteiger partial charge in [-0.2, -0.15) is 0 Å². The van der Waals surface area contributed by atoms with E-state index in [1.165, 1.54) is 0 Å². The standard InChI is InChI=1S/C21H21N3O/c1-14-7-4-10-17(13-14)23-21(25)18-11-6-12-22-20(18)24-19-15(2)8-5-9-16(19)3/h4-13H,1-3H3,(H,22,24)(H,23,25). The molecule has 3 rings (SSSR count). The predicted molar refractivity (Wildman–Crippen MR) is 103 cm³/mol. The molecule has 0 bridgehead atoms. The summed E-state index contributed by atoms with van der Waals surface area (Å²) < 4.78 is 0. The van der Waals surface area contributed by atoms with Gasteiger partial charge in [-0.15, -0.1) is 0 Å². The zero-order valence-electron chi connectivity index (χ0n) is 14.6. The summed E-state index contributed by atoms with van der Waals surface area (Å²) in [6.07, 6.45) is 1.68. The maximum Gasteiger partial charge on any atom is 0.259 e. The summed E-state index contributed by atoms with van der Waals surface area (Å²) in [7, 11) is 0. The predicted octanol–water partition coefficient (Wildman–Crippen LogP) is 5.00. The molecule has 0 unspecified atom stereocenters. The molecule has 3 aromatic rings. The van der Waals surface area contributed by atoms with Gasteiger partial charge in [-0.3, -0.25) is 4.79 Å². The van der Waals surface area contributed by atoms with Crippen molar-refractivity contribution in [2.75, 3.05) is 10.6 Å². The van der Waals surface area contributed by atoms with Crippen molar-refractivity contribution in [2.24, 2.45) is 0 Å². The fourth-order valence-electron chi connectivity index (χ4n) is 2.74. The van der Waals surface area contributed by atoms with Gasteiger partial charge in [-0.05, 0) is 61.7 Å². The number of rotatable bonds is 4. The van der Waals surface area contributed by atoms with Crippen molar-refractivity contribution in [3.63, 3.8) is 0 Å². The van der Waals surface area contributed by atoms with Crippen LogP contribution in [0.1, 0.15) is 27.0 Å². The minimum Gasteiger partial charge on any atom is -0.339 e. The van der Waals surface area contributed by atoms with Crippen molar-refractivity contribution in [3.8, 4) is 0 Å². The van der Waals surface area contributed by atoms with E-state index in [1.54, 1.807) is 18.3 Å². The molecule has 4 heteroatoms. The summed E-state index contributed by atoms with van der Waals surface area (Å²) in [5, 5.41) is 6.25. The minimum absolute atomic E-state index is 0.188. The SMILES string of the molecule is Cc1cccc(NC(=O)c2cccnc2Nc2c(C)cccc2C)c1. The lowest BCUT2D eigenvalue weighted by Gasteiger charge is -2.15. The molecular formula is C21H21N3O. The van der Waals surface area contributed by atoms with E-state index in [9.17, 15) is 4.79 Å². The lowest BCUT2D eigenvalue weighted by Crippen LogP contribution is -2.15. The number of carbonyl (C=O) groups excluding carboxylic acids is 1. The van der Waals surface area contributed by atoms with E-state index in [2.05, 4.69) is 15.6 Å². The molecule has 126 valence electrons. The minimum atomic E-state index is -0.188. The number of aryl methyl sites for hydroxylation is 3. The molecule has 1 heterocycles. The van der Waals surface area contributed by atoms with Crippen LogP contribution in [0.25, 0.3) is 0 Å². The number of pyridine rings is 1. The highest BCUT2D eigenvalue weighted by Gasteiger charge is 2.14. The second-order valence-corrected chi connectivity index (χ2v) is 6.11. The highest BCUT2D eigenvalue weighted by atomic mass is 16.1. The Morgan fingerprint density at radius 3 is 2.36 bits per heavy atom. The molecular weight excluding hydrogens is 310 g/mol. The number of nitrogens with one attached hydrogen (secondary N) is 2. The first-order valence-electron chi connectivity index (χ1n) is 8.21. The molecule has 4 nitrogen and oxygen atoms in total. The molecule has 0 atom stereocenters. The van der Waals surface area contributed by atoms with Crippen LogP contribution >= 0.6 is 0 Å². The van der Waals surface area contributed by atoms with Crippen LogP contribution in [0, 0.1) is 20.8 Å². The van der Waals surface area contributed by atoms with Gasteiger partial charge < -0.3 is 10.6 Å². The molecule has 1 amide bonds. The van der Waals surface area contributed by atoms with E-state index >= 15 is 0 Å². The number of amides is 1. The average molecular weight is 331 g/mol. The number of benzene rings is 2. The normalized spacial score (nSPS) is 10.4. The summed E-state index contributed by atoms with van der Waals surface area (Å²) in [5.74, 6) is 0.359. The van der Waals surface area contributed by atoms with Crippen molar-refractivity contribution < 1.29 is 4.79 Å². The molecule has 0 aliphatic rings. The number of hydrogen-bond acceptors (Lipinski definition) is 3. The first-order chi connectivity index (χ1) is 12.0. The van der Waals surface area contributed by atoms with Crippen LogP contribution in [0.4, 0.5) is 17.2 Å². The molecule has 2 N–H and O–H groups in total. The van der Waals surface area contributed by atoms with Crippen LogP contribution in [-0.2, 0) is 0 Å². The summed E-state index contributed by atoms with van der Waals surface area (Å²) in [6, 6.07) is 17.3. The Kier molecular flexibility index (Phi) is 4.80. The molecule has 0 saturated carbocycles. The molecule has 0 aliphatic carbocycles. The Labute approximate surface area is 147 Å². The van der Waals surface area contributed by atoms with Gasteiger partial charge in [-0.25, -0.2) is 4.98 Å². The maximum absolute atomic E-state index is 12.7. The average Bonchev–Trinajstić information content (AvgIpc) is 2.58. The van der Waals surface area contributed by atoms with Crippen molar-refractivity contribution >= 4 is 23.1 Å². The summed E-state index contributed by atoms with van der Waals surface area (Å²) in [5.41, 5.74) is 5.56. The van der Waals surface area contributed by atoms with Gasteiger partial charge in [0.15, 0.2) is 0 Å². The van der Waals surface area contributed by atoms with Gasteiger partial charge in [0.25, 0.3) is 5.91 Å². The molecule has 0 aliphatic heterocycles. The molecule has 25 heavy (non-hydrogen) atoms. The molecule has 0 radical (unpaired) electrons. The first-order valence-corrected chi connectivity index (χ1v) is 8.21. The van der Waals surface area contributed by atoms with Gasteiger partial charge in [0, 0.05) is 17.6 Å². The van der Waals surface area contributed by atoms with Crippen LogP contribution in [0.2, 0.25) is 0 Å². The monoisotopic (exact) mass is 331 g/mol. The second-order valence-electron chi connectivity index (χ2n) is 6.11. The van der Waals surface area contributed by atoms with E-state index in [0.717, 1.165) is 28.1 Å². The number of carbonyl (C=O) groups is 1. The van der Waals surface area contributed by atoms with Gasteiger partial charge >= 0.3 is 0 Å². The Balaban J connectivity index is 1.89.